The lowest BCUT2D eigenvalue weighted by atomic mass is 10.1. The summed E-state index contributed by atoms with van der Waals surface area (Å²) in [7, 11) is 3.16. The molecule has 0 spiro atoms. The highest BCUT2D eigenvalue weighted by molar-refractivity contribution is 7.79. The third kappa shape index (κ3) is 6.28. The number of halogens is 1. The number of fused-ring (bicyclic) bond motifs is 1. The van der Waals surface area contributed by atoms with Gasteiger partial charge < -0.3 is 25.2 Å². The van der Waals surface area contributed by atoms with Crippen LogP contribution >= 0.6 is 0 Å². The number of aromatic hydroxyl groups is 1. The third-order valence-corrected chi connectivity index (χ3v) is 5.95. The Hall–Kier alpha value is -3.64. The van der Waals surface area contributed by atoms with Gasteiger partial charge in [0.15, 0.2) is 11.4 Å². The number of benzene rings is 1. The summed E-state index contributed by atoms with van der Waals surface area (Å²) in [4.78, 5) is 35.4. The van der Waals surface area contributed by atoms with Crippen LogP contribution in [0.25, 0.3) is 10.9 Å². The number of aromatic nitrogens is 2. The maximum Gasteiger partial charge on any atom is 0.274 e. The minimum Gasteiger partial charge on any atom is -0.772 e. The number of carbonyl (C=O) groups excluding carboxylic acids is 2. The highest BCUT2D eigenvalue weighted by Gasteiger charge is 2.22. The number of nitrogens with zero attached hydrogens (tertiary/aromatic N) is 3. The Balaban J connectivity index is 1.87. The van der Waals surface area contributed by atoms with Crippen molar-refractivity contribution >= 4 is 39.6 Å². The number of amides is 2. The van der Waals surface area contributed by atoms with E-state index < -0.39 is 34.5 Å². The first-order chi connectivity index (χ1) is 16.7. The van der Waals surface area contributed by atoms with Gasteiger partial charge in [0, 0.05) is 50.1 Å². The van der Waals surface area contributed by atoms with Crippen LogP contribution in [0.3, 0.4) is 0 Å². The summed E-state index contributed by atoms with van der Waals surface area (Å²) in [6.45, 7) is 0.353. The second-order valence-electron chi connectivity index (χ2n) is 7.73. The van der Waals surface area contributed by atoms with Crippen LogP contribution in [-0.4, -0.2) is 62.0 Å². The molecular formula is C23H25FN5O5S-. The lowest BCUT2D eigenvalue weighted by Gasteiger charge is -2.21. The Bertz CT molecular complexity index is 1270. The van der Waals surface area contributed by atoms with Crippen molar-refractivity contribution in [3.05, 3.63) is 59.2 Å². The third-order valence-electron chi connectivity index (χ3n) is 5.33. The van der Waals surface area contributed by atoms with Gasteiger partial charge in [-0.25, -0.2) is 9.37 Å². The van der Waals surface area contributed by atoms with E-state index in [1.54, 1.807) is 24.1 Å². The Kier molecular flexibility index (Phi) is 8.66. The fraction of sp³-hybridized carbons (Fsp3) is 0.304. The van der Waals surface area contributed by atoms with Crippen LogP contribution in [0.5, 0.6) is 5.75 Å². The van der Waals surface area contributed by atoms with Crippen LogP contribution in [-0.2, 0) is 17.6 Å². The number of carbonyl (C=O) groups is 2. The summed E-state index contributed by atoms with van der Waals surface area (Å²) in [5.74, 6) is -1.76. The first-order valence-electron chi connectivity index (χ1n) is 10.8. The number of rotatable bonds is 10. The van der Waals surface area contributed by atoms with Gasteiger partial charge in [-0.05, 0) is 42.7 Å². The largest absolute Gasteiger partial charge is 0.772 e. The van der Waals surface area contributed by atoms with Crippen LogP contribution in [0.2, 0.25) is 0 Å². The van der Waals surface area contributed by atoms with Crippen molar-refractivity contribution in [2.45, 2.75) is 19.4 Å². The summed E-state index contributed by atoms with van der Waals surface area (Å²) in [6, 6.07) is 7.04. The topological polar surface area (TPSA) is 148 Å². The molecule has 186 valence electrons. The maximum absolute atomic E-state index is 13.6. The Morgan fingerprint density at radius 2 is 2.00 bits per heavy atom. The van der Waals surface area contributed by atoms with Crippen molar-refractivity contribution in [1.82, 2.24) is 20.6 Å². The summed E-state index contributed by atoms with van der Waals surface area (Å²) in [5, 5.41) is 16.3. The first-order valence-corrected chi connectivity index (χ1v) is 12.0. The number of hydrogen-bond donors (Lipinski definition) is 3. The van der Waals surface area contributed by atoms with Gasteiger partial charge in [-0.2, -0.15) is 0 Å². The fourth-order valence-corrected chi connectivity index (χ4v) is 3.98. The molecule has 0 bridgehead atoms. The molecular weight excluding hydrogens is 477 g/mol. The van der Waals surface area contributed by atoms with Crippen molar-refractivity contribution in [2.24, 2.45) is 0 Å². The number of hydrogen-bond acceptors (Lipinski definition) is 8. The zero-order valence-electron chi connectivity index (χ0n) is 19.2. The van der Waals surface area contributed by atoms with E-state index in [2.05, 4.69) is 20.6 Å². The number of unbranched alkanes of at least 4 members (excludes halogenated alkanes) is 1. The summed E-state index contributed by atoms with van der Waals surface area (Å²) < 4.78 is 35.1. The molecule has 2 aromatic heterocycles. The Morgan fingerprint density at radius 3 is 2.71 bits per heavy atom. The molecule has 3 aromatic rings. The van der Waals surface area contributed by atoms with Crippen LogP contribution in [0.15, 0.2) is 36.5 Å². The van der Waals surface area contributed by atoms with Crippen molar-refractivity contribution in [3.63, 3.8) is 0 Å². The van der Waals surface area contributed by atoms with Gasteiger partial charge >= 0.3 is 0 Å². The van der Waals surface area contributed by atoms with E-state index in [4.69, 9.17) is 0 Å². The predicted octanol–water partition coefficient (Wildman–Crippen LogP) is 1.86. The van der Waals surface area contributed by atoms with E-state index in [9.17, 15) is 27.8 Å². The molecule has 0 radical (unpaired) electrons. The second-order valence-corrected chi connectivity index (χ2v) is 8.75. The maximum atomic E-state index is 13.6. The Labute approximate surface area is 203 Å². The van der Waals surface area contributed by atoms with Gasteiger partial charge in [-0.15, -0.1) is 0 Å². The SMILES string of the molecule is CNC(=O)c1cc(F)ccc1CNC(=O)c1nc(N(C)CCCCS(=O)[O-])c2cccnc2c1O. The molecule has 10 nitrogen and oxygen atoms in total. The van der Waals surface area contributed by atoms with E-state index in [0.29, 0.717) is 36.2 Å². The molecule has 1 aromatic carbocycles. The molecule has 3 N–H and O–H groups in total. The van der Waals surface area contributed by atoms with E-state index >= 15 is 0 Å². The number of pyridine rings is 2. The van der Waals surface area contributed by atoms with Crippen LogP contribution in [0, 0.1) is 5.82 Å². The van der Waals surface area contributed by atoms with Gasteiger partial charge in [0.2, 0.25) is 0 Å². The molecule has 0 saturated carbocycles. The van der Waals surface area contributed by atoms with E-state index in [1.165, 1.54) is 25.4 Å². The zero-order chi connectivity index (χ0) is 25.5. The van der Waals surface area contributed by atoms with Gasteiger partial charge in [0.25, 0.3) is 11.8 Å². The van der Waals surface area contributed by atoms with E-state index in [0.717, 1.165) is 6.07 Å². The second kappa shape index (κ2) is 11.7. The molecule has 2 amide bonds. The molecule has 12 heteroatoms. The van der Waals surface area contributed by atoms with Crippen molar-refractivity contribution in [3.8, 4) is 5.75 Å². The van der Waals surface area contributed by atoms with Gasteiger partial charge in [0.05, 0.1) is 0 Å². The smallest absolute Gasteiger partial charge is 0.274 e. The summed E-state index contributed by atoms with van der Waals surface area (Å²) in [6.07, 6.45) is 2.52. The summed E-state index contributed by atoms with van der Waals surface area (Å²) in [5.41, 5.74) is 0.375. The van der Waals surface area contributed by atoms with Crippen LogP contribution in [0.4, 0.5) is 10.2 Å². The fourth-order valence-electron chi connectivity index (χ4n) is 3.54. The van der Waals surface area contributed by atoms with Gasteiger partial charge in [-0.1, -0.05) is 17.1 Å². The molecule has 3 rings (SSSR count). The quantitative estimate of drug-likeness (QED) is 0.281. The van der Waals surface area contributed by atoms with E-state index in [1.807, 2.05) is 0 Å². The Morgan fingerprint density at radius 1 is 1.23 bits per heavy atom. The minimum absolute atomic E-state index is 0.0498. The molecule has 0 aliphatic carbocycles. The molecule has 1 unspecified atom stereocenters. The molecule has 0 saturated heterocycles. The lowest BCUT2D eigenvalue weighted by molar-refractivity contribution is 0.0934. The average molecular weight is 503 g/mol. The minimum atomic E-state index is -2.11. The van der Waals surface area contributed by atoms with Crippen molar-refractivity contribution < 1.29 is 27.8 Å². The van der Waals surface area contributed by atoms with Gasteiger partial charge in [-0.3, -0.25) is 18.8 Å². The lowest BCUT2D eigenvalue weighted by Crippen LogP contribution is -2.28. The molecule has 2 heterocycles. The van der Waals surface area contributed by atoms with E-state index in [-0.39, 0.29) is 29.1 Å². The number of anilines is 1. The molecule has 0 aliphatic rings. The summed E-state index contributed by atoms with van der Waals surface area (Å²) >= 11 is -2.11. The van der Waals surface area contributed by atoms with Gasteiger partial charge in [0.1, 0.15) is 17.2 Å². The van der Waals surface area contributed by atoms with Crippen molar-refractivity contribution in [1.29, 1.82) is 0 Å². The number of nitrogens with one attached hydrogen (secondary N) is 2. The molecule has 0 aliphatic heterocycles. The molecule has 1 atom stereocenters. The molecule has 0 fully saturated rings. The highest BCUT2D eigenvalue weighted by atomic mass is 32.2. The van der Waals surface area contributed by atoms with Crippen molar-refractivity contribution in [2.75, 3.05) is 31.3 Å². The highest BCUT2D eigenvalue weighted by Crippen LogP contribution is 2.32. The average Bonchev–Trinajstić information content (AvgIpc) is 2.85. The standard InChI is InChI=1S/C23H26FN5O5S/c1-25-22(31)17-12-15(24)8-7-14(17)13-27-23(32)19-20(30)18-16(6-5-9-26-18)21(28-19)29(2)10-3-4-11-35(33)34/h5-9,12,30H,3-4,10-11,13H2,1-2H3,(H,25,31)(H,27,32)(H,33,34)/p-1. The normalized spacial score (nSPS) is 11.8. The van der Waals surface area contributed by atoms with Crippen LogP contribution in [0.1, 0.15) is 39.3 Å². The first kappa shape index (κ1) is 26.0. The predicted molar refractivity (Wildman–Crippen MR) is 128 cm³/mol. The molecule has 35 heavy (non-hydrogen) atoms. The monoisotopic (exact) mass is 502 g/mol. The van der Waals surface area contributed by atoms with Crippen LogP contribution < -0.4 is 15.5 Å². The zero-order valence-corrected chi connectivity index (χ0v) is 20.0.